The highest BCUT2D eigenvalue weighted by atomic mass is 16.5. The topological polar surface area (TPSA) is 79.4 Å². The van der Waals surface area contributed by atoms with Gasteiger partial charge in [0.1, 0.15) is 0 Å². The Balaban J connectivity index is 1.49. The van der Waals surface area contributed by atoms with Crippen molar-refractivity contribution in [2.45, 2.75) is 6.92 Å². The number of hydrogen-bond donors (Lipinski definition) is 2. The summed E-state index contributed by atoms with van der Waals surface area (Å²) in [5.41, 5.74) is 2.24. The molecule has 0 atom stereocenters. The van der Waals surface area contributed by atoms with Gasteiger partial charge in [0.2, 0.25) is 5.95 Å². The van der Waals surface area contributed by atoms with Gasteiger partial charge in [0, 0.05) is 44.3 Å². The number of nitrogens with one attached hydrogen (secondary N) is 2. The third kappa shape index (κ3) is 4.98. The molecule has 1 amide bonds. The highest BCUT2D eigenvalue weighted by Gasteiger charge is 2.11. The second-order valence-corrected chi connectivity index (χ2v) is 5.95. The van der Waals surface area contributed by atoms with E-state index in [1.807, 2.05) is 31.2 Å². The van der Waals surface area contributed by atoms with Crippen molar-refractivity contribution in [1.82, 2.24) is 14.9 Å². The average Bonchev–Trinajstić information content (AvgIpc) is 2.65. The zero-order valence-electron chi connectivity index (χ0n) is 14.4. The first-order chi connectivity index (χ1) is 12.2. The molecular weight excluding hydrogens is 318 g/mol. The molecule has 132 valence electrons. The summed E-state index contributed by atoms with van der Waals surface area (Å²) in [6, 6.07) is 7.65. The van der Waals surface area contributed by atoms with Gasteiger partial charge in [-0.3, -0.25) is 9.69 Å². The van der Waals surface area contributed by atoms with Crippen LogP contribution in [-0.4, -0.2) is 60.2 Å². The monoisotopic (exact) mass is 341 g/mol. The van der Waals surface area contributed by atoms with Gasteiger partial charge in [-0.25, -0.2) is 9.97 Å². The number of carbonyl (C=O) groups excluding carboxylic acids is 1. The van der Waals surface area contributed by atoms with Gasteiger partial charge in [0.25, 0.3) is 5.91 Å². The van der Waals surface area contributed by atoms with E-state index in [-0.39, 0.29) is 5.91 Å². The standard InChI is InChI=1S/C18H23N5O2/c1-14-4-2-3-5-16(14)22-17(24)15-12-20-18(21-13-15)19-6-7-23-8-10-25-11-9-23/h2-5,12-13H,6-11H2,1H3,(H,22,24)(H,19,20,21). The summed E-state index contributed by atoms with van der Waals surface area (Å²) in [5, 5.41) is 6.05. The number of hydrogen-bond acceptors (Lipinski definition) is 6. The first-order valence-corrected chi connectivity index (χ1v) is 8.45. The smallest absolute Gasteiger partial charge is 0.258 e. The predicted molar refractivity (Wildman–Crippen MR) is 96.9 cm³/mol. The number of aromatic nitrogens is 2. The van der Waals surface area contributed by atoms with Crippen LogP contribution in [0, 0.1) is 6.92 Å². The highest BCUT2D eigenvalue weighted by Crippen LogP contribution is 2.14. The summed E-state index contributed by atoms with van der Waals surface area (Å²) in [6.45, 7) is 7.13. The molecule has 7 nitrogen and oxygen atoms in total. The minimum absolute atomic E-state index is 0.214. The van der Waals surface area contributed by atoms with Crippen molar-refractivity contribution in [1.29, 1.82) is 0 Å². The van der Waals surface area contributed by atoms with Crippen molar-refractivity contribution in [2.75, 3.05) is 50.0 Å². The Kier molecular flexibility index (Phi) is 5.92. The second-order valence-electron chi connectivity index (χ2n) is 5.95. The van der Waals surface area contributed by atoms with E-state index >= 15 is 0 Å². The molecule has 2 aromatic rings. The van der Waals surface area contributed by atoms with Crippen molar-refractivity contribution in [3.05, 3.63) is 47.8 Å². The molecule has 25 heavy (non-hydrogen) atoms. The fraction of sp³-hybridized carbons (Fsp3) is 0.389. The van der Waals surface area contributed by atoms with Crippen molar-refractivity contribution >= 4 is 17.5 Å². The Labute approximate surface area is 147 Å². The van der Waals surface area contributed by atoms with Crippen molar-refractivity contribution < 1.29 is 9.53 Å². The van der Waals surface area contributed by atoms with Gasteiger partial charge in [0.15, 0.2) is 0 Å². The number of nitrogens with zero attached hydrogens (tertiary/aromatic N) is 3. The van der Waals surface area contributed by atoms with Crippen LogP contribution in [0.5, 0.6) is 0 Å². The van der Waals surface area contributed by atoms with Crippen LogP contribution < -0.4 is 10.6 Å². The van der Waals surface area contributed by atoms with Crippen LogP contribution in [0.15, 0.2) is 36.7 Å². The van der Waals surface area contributed by atoms with E-state index in [1.54, 1.807) is 0 Å². The van der Waals surface area contributed by atoms with E-state index in [1.165, 1.54) is 12.4 Å². The molecular formula is C18H23N5O2. The van der Waals surface area contributed by atoms with E-state index in [0.29, 0.717) is 11.5 Å². The minimum Gasteiger partial charge on any atom is -0.379 e. The number of amides is 1. The van der Waals surface area contributed by atoms with Crippen molar-refractivity contribution in [2.24, 2.45) is 0 Å². The summed E-state index contributed by atoms with van der Waals surface area (Å²) in [7, 11) is 0. The molecule has 2 heterocycles. The largest absolute Gasteiger partial charge is 0.379 e. The van der Waals surface area contributed by atoms with Gasteiger partial charge in [-0.15, -0.1) is 0 Å². The first kappa shape index (κ1) is 17.3. The van der Waals surface area contributed by atoms with Crippen LogP contribution in [-0.2, 0) is 4.74 Å². The molecule has 0 aliphatic carbocycles. The third-order valence-corrected chi connectivity index (χ3v) is 4.12. The number of morpholine rings is 1. The van der Waals surface area contributed by atoms with E-state index in [2.05, 4.69) is 25.5 Å². The van der Waals surface area contributed by atoms with Crippen molar-refractivity contribution in [3.8, 4) is 0 Å². The molecule has 1 aliphatic heterocycles. The summed E-state index contributed by atoms with van der Waals surface area (Å²) in [6.07, 6.45) is 3.08. The van der Waals surface area contributed by atoms with E-state index < -0.39 is 0 Å². The lowest BCUT2D eigenvalue weighted by molar-refractivity contribution is 0.0398. The molecule has 0 radical (unpaired) electrons. The Bertz CT molecular complexity index is 699. The van der Waals surface area contributed by atoms with Gasteiger partial charge >= 0.3 is 0 Å². The molecule has 3 rings (SSSR count). The van der Waals surface area contributed by atoms with Crippen LogP contribution in [0.25, 0.3) is 0 Å². The summed E-state index contributed by atoms with van der Waals surface area (Å²) < 4.78 is 5.33. The van der Waals surface area contributed by atoms with E-state index in [4.69, 9.17) is 4.74 Å². The molecule has 2 N–H and O–H groups in total. The highest BCUT2D eigenvalue weighted by molar-refractivity contribution is 6.04. The molecule has 1 aromatic carbocycles. The predicted octanol–water partition coefficient (Wildman–Crippen LogP) is 1.78. The molecule has 0 unspecified atom stereocenters. The fourth-order valence-electron chi connectivity index (χ4n) is 2.59. The quantitative estimate of drug-likeness (QED) is 0.834. The van der Waals surface area contributed by atoms with Gasteiger partial charge < -0.3 is 15.4 Å². The van der Waals surface area contributed by atoms with Gasteiger partial charge in [0.05, 0.1) is 18.8 Å². The van der Waals surface area contributed by atoms with Gasteiger partial charge in [-0.1, -0.05) is 18.2 Å². The molecule has 1 saturated heterocycles. The maximum atomic E-state index is 12.3. The van der Waals surface area contributed by atoms with E-state index in [0.717, 1.165) is 50.6 Å². The lowest BCUT2D eigenvalue weighted by Gasteiger charge is -2.26. The molecule has 7 heteroatoms. The first-order valence-electron chi connectivity index (χ1n) is 8.45. The van der Waals surface area contributed by atoms with Crippen LogP contribution in [0.2, 0.25) is 0 Å². The number of rotatable bonds is 6. The molecule has 0 bridgehead atoms. The summed E-state index contributed by atoms with van der Waals surface area (Å²) in [4.78, 5) is 23.0. The number of benzene rings is 1. The van der Waals surface area contributed by atoms with Crippen LogP contribution in [0.3, 0.4) is 0 Å². The number of aryl methyl sites for hydroxylation is 1. The number of anilines is 2. The molecule has 0 spiro atoms. The lowest BCUT2D eigenvalue weighted by Crippen LogP contribution is -2.39. The average molecular weight is 341 g/mol. The third-order valence-electron chi connectivity index (χ3n) is 4.12. The van der Waals surface area contributed by atoms with Gasteiger partial charge in [-0.05, 0) is 18.6 Å². The summed E-state index contributed by atoms with van der Waals surface area (Å²) >= 11 is 0. The lowest BCUT2D eigenvalue weighted by atomic mass is 10.2. The molecule has 1 aromatic heterocycles. The Morgan fingerprint density at radius 3 is 2.64 bits per heavy atom. The van der Waals surface area contributed by atoms with Crippen LogP contribution in [0.1, 0.15) is 15.9 Å². The Morgan fingerprint density at radius 1 is 1.20 bits per heavy atom. The normalized spacial score (nSPS) is 14.9. The Hall–Kier alpha value is -2.51. The molecule has 1 aliphatic rings. The van der Waals surface area contributed by atoms with Crippen LogP contribution in [0.4, 0.5) is 11.6 Å². The molecule has 0 saturated carbocycles. The number of para-hydroxylation sites is 1. The van der Waals surface area contributed by atoms with Crippen molar-refractivity contribution in [3.63, 3.8) is 0 Å². The maximum absolute atomic E-state index is 12.3. The van der Waals surface area contributed by atoms with Gasteiger partial charge in [-0.2, -0.15) is 0 Å². The Morgan fingerprint density at radius 2 is 1.92 bits per heavy atom. The zero-order valence-corrected chi connectivity index (χ0v) is 14.4. The SMILES string of the molecule is Cc1ccccc1NC(=O)c1cnc(NCCN2CCOCC2)nc1. The number of carbonyl (C=O) groups is 1. The number of ether oxygens (including phenoxy) is 1. The maximum Gasteiger partial charge on any atom is 0.258 e. The zero-order chi connectivity index (χ0) is 17.5. The van der Waals surface area contributed by atoms with E-state index in [9.17, 15) is 4.79 Å². The summed E-state index contributed by atoms with van der Waals surface area (Å²) in [5.74, 6) is 0.315. The fourth-order valence-corrected chi connectivity index (χ4v) is 2.59. The minimum atomic E-state index is -0.214. The molecule has 1 fully saturated rings. The second kappa shape index (κ2) is 8.55. The van der Waals surface area contributed by atoms with Crippen LogP contribution >= 0.6 is 0 Å².